The molecule has 0 spiro atoms. The number of nitrogens with zero attached hydrogens (tertiary/aromatic N) is 1. The lowest BCUT2D eigenvalue weighted by Crippen LogP contribution is -2.35. The third-order valence-corrected chi connectivity index (χ3v) is 3.74. The number of aromatic nitrogens is 1. The quantitative estimate of drug-likeness (QED) is 0.859. The Morgan fingerprint density at radius 1 is 1.73 bits per heavy atom. The Morgan fingerprint density at radius 2 is 2.60 bits per heavy atom. The Kier molecular flexibility index (Phi) is 3.70. The molecule has 0 radical (unpaired) electrons. The molecule has 1 aliphatic rings. The summed E-state index contributed by atoms with van der Waals surface area (Å²) < 4.78 is 13.9. The van der Waals surface area contributed by atoms with Crippen molar-refractivity contribution in [1.29, 1.82) is 0 Å². The van der Waals surface area contributed by atoms with Gasteiger partial charge in [0, 0.05) is 24.3 Å². The number of piperidine rings is 1. The summed E-state index contributed by atoms with van der Waals surface area (Å²) in [6.45, 7) is 3.83. The van der Waals surface area contributed by atoms with Crippen LogP contribution in [-0.2, 0) is 6.42 Å². The van der Waals surface area contributed by atoms with E-state index in [1.807, 2.05) is 12.3 Å². The van der Waals surface area contributed by atoms with Crippen LogP contribution in [0.4, 0.5) is 4.39 Å². The molecule has 0 bridgehead atoms. The third kappa shape index (κ3) is 2.98. The van der Waals surface area contributed by atoms with Crippen molar-refractivity contribution in [1.82, 2.24) is 10.3 Å². The SMILES string of the molecule is Cc1nc(CC(F)C2CCCNC2)cs1. The van der Waals surface area contributed by atoms with Gasteiger partial charge < -0.3 is 5.32 Å². The zero-order valence-electron chi connectivity index (χ0n) is 9.00. The summed E-state index contributed by atoms with van der Waals surface area (Å²) in [6, 6.07) is 0. The molecule has 1 aromatic rings. The molecule has 0 saturated carbocycles. The highest BCUT2D eigenvalue weighted by atomic mass is 32.1. The average molecular weight is 228 g/mol. The molecule has 2 unspecified atom stereocenters. The van der Waals surface area contributed by atoms with E-state index in [4.69, 9.17) is 0 Å². The van der Waals surface area contributed by atoms with E-state index in [-0.39, 0.29) is 5.92 Å². The van der Waals surface area contributed by atoms with Crippen molar-refractivity contribution in [3.8, 4) is 0 Å². The normalized spacial score (nSPS) is 24.0. The first kappa shape index (κ1) is 11.0. The number of rotatable bonds is 3. The summed E-state index contributed by atoms with van der Waals surface area (Å²) in [5.41, 5.74) is 0.913. The highest BCUT2D eigenvalue weighted by Gasteiger charge is 2.23. The molecule has 2 atom stereocenters. The van der Waals surface area contributed by atoms with Crippen LogP contribution < -0.4 is 5.32 Å². The minimum absolute atomic E-state index is 0.181. The van der Waals surface area contributed by atoms with Gasteiger partial charge in [0.15, 0.2) is 0 Å². The fourth-order valence-corrected chi connectivity index (χ4v) is 2.68. The number of halogens is 1. The van der Waals surface area contributed by atoms with Crippen molar-refractivity contribution in [3.05, 3.63) is 16.1 Å². The molecule has 2 heterocycles. The van der Waals surface area contributed by atoms with Crippen LogP contribution in [0.3, 0.4) is 0 Å². The molecular formula is C11H17FN2S. The minimum Gasteiger partial charge on any atom is -0.316 e. The lowest BCUT2D eigenvalue weighted by molar-refractivity contribution is 0.190. The maximum atomic E-state index is 13.9. The van der Waals surface area contributed by atoms with Crippen LogP contribution in [-0.4, -0.2) is 24.2 Å². The van der Waals surface area contributed by atoms with Crippen molar-refractivity contribution >= 4 is 11.3 Å². The smallest absolute Gasteiger partial charge is 0.110 e. The molecular weight excluding hydrogens is 211 g/mol. The minimum atomic E-state index is -0.737. The molecule has 15 heavy (non-hydrogen) atoms. The zero-order chi connectivity index (χ0) is 10.7. The maximum absolute atomic E-state index is 13.9. The Bertz CT molecular complexity index is 307. The van der Waals surface area contributed by atoms with Crippen molar-refractivity contribution in [2.45, 2.75) is 32.4 Å². The van der Waals surface area contributed by atoms with E-state index < -0.39 is 6.17 Å². The lowest BCUT2D eigenvalue weighted by Gasteiger charge is -2.25. The number of thiazole rings is 1. The largest absolute Gasteiger partial charge is 0.316 e. The van der Waals surface area contributed by atoms with Gasteiger partial charge in [0.25, 0.3) is 0 Å². The molecule has 0 aromatic carbocycles. The van der Waals surface area contributed by atoms with Crippen LogP contribution in [0.15, 0.2) is 5.38 Å². The number of nitrogens with one attached hydrogen (secondary N) is 1. The van der Waals surface area contributed by atoms with E-state index in [9.17, 15) is 4.39 Å². The van der Waals surface area contributed by atoms with Crippen molar-refractivity contribution in [2.24, 2.45) is 5.92 Å². The Hall–Kier alpha value is -0.480. The molecule has 1 saturated heterocycles. The topological polar surface area (TPSA) is 24.9 Å². The van der Waals surface area contributed by atoms with Gasteiger partial charge in [0.1, 0.15) is 6.17 Å². The second-order valence-electron chi connectivity index (χ2n) is 4.18. The molecule has 1 N–H and O–H groups in total. The van der Waals surface area contributed by atoms with Gasteiger partial charge in [-0.15, -0.1) is 11.3 Å². The van der Waals surface area contributed by atoms with E-state index in [0.717, 1.165) is 36.6 Å². The second kappa shape index (κ2) is 5.03. The van der Waals surface area contributed by atoms with Gasteiger partial charge in [0.2, 0.25) is 0 Å². The number of aryl methyl sites for hydroxylation is 1. The van der Waals surface area contributed by atoms with Crippen LogP contribution in [0.1, 0.15) is 23.5 Å². The first-order valence-corrected chi connectivity index (χ1v) is 6.39. The van der Waals surface area contributed by atoms with E-state index >= 15 is 0 Å². The fourth-order valence-electron chi connectivity index (χ4n) is 2.06. The summed E-state index contributed by atoms with van der Waals surface area (Å²) in [4.78, 5) is 4.30. The summed E-state index contributed by atoms with van der Waals surface area (Å²) in [6.07, 6.45) is 1.86. The zero-order valence-corrected chi connectivity index (χ0v) is 9.82. The first-order chi connectivity index (χ1) is 7.25. The molecule has 1 aromatic heterocycles. The van der Waals surface area contributed by atoms with Crippen molar-refractivity contribution < 1.29 is 4.39 Å². The van der Waals surface area contributed by atoms with Gasteiger partial charge in [-0.2, -0.15) is 0 Å². The highest BCUT2D eigenvalue weighted by molar-refractivity contribution is 7.09. The van der Waals surface area contributed by atoms with Crippen LogP contribution in [0, 0.1) is 12.8 Å². The molecule has 2 nitrogen and oxygen atoms in total. The maximum Gasteiger partial charge on any atom is 0.110 e. The molecule has 1 aliphatic heterocycles. The number of hydrogen-bond donors (Lipinski definition) is 1. The summed E-state index contributed by atoms with van der Waals surface area (Å²) in [5, 5.41) is 6.25. The van der Waals surface area contributed by atoms with E-state index in [0.29, 0.717) is 6.42 Å². The Labute approximate surface area is 93.9 Å². The molecule has 0 aliphatic carbocycles. The van der Waals surface area contributed by atoms with Gasteiger partial charge in [-0.25, -0.2) is 9.37 Å². The second-order valence-corrected chi connectivity index (χ2v) is 5.25. The summed E-state index contributed by atoms with van der Waals surface area (Å²) >= 11 is 1.60. The average Bonchev–Trinajstić information content (AvgIpc) is 2.65. The molecule has 0 amide bonds. The van der Waals surface area contributed by atoms with Crippen LogP contribution in [0.2, 0.25) is 0 Å². The van der Waals surface area contributed by atoms with Crippen LogP contribution in [0.5, 0.6) is 0 Å². The fraction of sp³-hybridized carbons (Fsp3) is 0.727. The molecule has 84 valence electrons. The molecule has 2 rings (SSSR count). The van der Waals surface area contributed by atoms with Crippen LogP contribution in [0.25, 0.3) is 0 Å². The summed E-state index contributed by atoms with van der Waals surface area (Å²) in [7, 11) is 0. The monoisotopic (exact) mass is 228 g/mol. The van der Waals surface area contributed by atoms with E-state index in [2.05, 4.69) is 10.3 Å². The van der Waals surface area contributed by atoms with Gasteiger partial charge in [-0.05, 0) is 26.3 Å². The highest BCUT2D eigenvalue weighted by Crippen LogP contribution is 2.21. The lowest BCUT2D eigenvalue weighted by atomic mass is 9.92. The number of hydrogen-bond acceptors (Lipinski definition) is 3. The van der Waals surface area contributed by atoms with E-state index in [1.165, 1.54) is 0 Å². The van der Waals surface area contributed by atoms with Crippen molar-refractivity contribution in [3.63, 3.8) is 0 Å². The Balaban J connectivity index is 1.88. The van der Waals surface area contributed by atoms with E-state index in [1.54, 1.807) is 11.3 Å². The predicted octanol–water partition coefficient (Wildman–Crippen LogP) is 2.33. The molecule has 1 fully saturated rings. The standard InChI is InChI=1S/C11H17FN2S/c1-8-14-10(7-15-8)5-11(12)9-3-2-4-13-6-9/h7,9,11,13H,2-6H2,1H3. The number of alkyl halides is 1. The van der Waals surface area contributed by atoms with Gasteiger partial charge >= 0.3 is 0 Å². The van der Waals surface area contributed by atoms with Gasteiger partial charge in [-0.1, -0.05) is 0 Å². The van der Waals surface area contributed by atoms with Gasteiger partial charge in [-0.3, -0.25) is 0 Å². The predicted molar refractivity (Wildman–Crippen MR) is 61.0 cm³/mol. The van der Waals surface area contributed by atoms with Crippen LogP contribution >= 0.6 is 11.3 Å². The Morgan fingerprint density at radius 3 is 3.20 bits per heavy atom. The van der Waals surface area contributed by atoms with Gasteiger partial charge in [0.05, 0.1) is 10.7 Å². The third-order valence-electron chi connectivity index (χ3n) is 2.92. The first-order valence-electron chi connectivity index (χ1n) is 5.51. The summed E-state index contributed by atoms with van der Waals surface area (Å²) in [5.74, 6) is 0.181. The molecule has 4 heteroatoms. The van der Waals surface area contributed by atoms with Crippen molar-refractivity contribution in [2.75, 3.05) is 13.1 Å².